The van der Waals surface area contributed by atoms with E-state index in [1.54, 1.807) is 4.90 Å². The van der Waals surface area contributed by atoms with Crippen LogP contribution in [0.2, 0.25) is 0 Å². The van der Waals surface area contributed by atoms with Gasteiger partial charge in [0, 0.05) is 55.7 Å². The molecule has 2 unspecified atom stereocenters. The lowest BCUT2D eigenvalue weighted by Gasteiger charge is -2.46. The summed E-state index contributed by atoms with van der Waals surface area (Å²) >= 11 is 0. The van der Waals surface area contributed by atoms with Gasteiger partial charge in [-0.2, -0.15) is 0 Å². The second-order valence-corrected chi connectivity index (χ2v) is 11.9. The molecular formula is C28H44N6O5. The minimum absolute atomic E-state index is 0.00439. The van der Waals surface area contributed by atoms with Gasteiger partial charge in [0.15, 0.2) is 0 Å². The number of anilines is 2. The molecule has 2 aliphatic heterocycles. The van der Waals surface area contributed by atoms with Gasteiger partial charge in [0.05, 0.1) is 18.0 Å². The second-order valence-electron chi connectivity index (χ2n) is 11.9. The molecule has 1 fully saturated rings. The van der Waals surface area contributed by atoms with E-state index in [2.05, 4.69) is 29.4 Å². The van der Waals surface area contributed by atoms with Crippen molar-refractivity contribution in [3.63, 3.8) is 0 Å². The molecular weight excluding hydrogens is 500 g/mol. The number of carbonyl (C=O) groups excluding carboxylic acids is 2. The molecule has 1 aromatic rings. The summed E-state index contributed by atoms with van der Waals surface area (Å²) in [6.45, 7) is 15.0. The van der Waals surface area contributed by atoms with Crippen LogP contribution < -0.4 is 21.3 Å². The molecule has 0 spiro atoms. The van der Waals surface area contributed by atoms with Gasteiger partial charge < -0.3 is 36.0 Å². The zero-order valence-corrected chi connectivity index (χ0v) is 24.0. The number of para-hydroxylation sites is 1. The summed E-state index contributed by atoms with van der Waals surface area (Å²) in [5.41, 5.74) is 9.18. The lowest BCUT2D eigenvalue weighted by atomic mass is 9.92. The Balaban J connectivity index is 1.63. The van der Waals surface area contributed by atoms with E-state index in [0.717, 1.165) is 30.2 Å². The fourth-order valence-corrected chi connectivity index (χ4v) is 5.04. The Bertz CT molecular complexity index is 1080. The Hall–Kier alpha value is -3.50. The number of benzene rings is 1. The van der Waals surface area contributed by atoms with E-state index in [4.69, 9.17) is 15.5 Å². The molecule has 0 radical (unpaired) electrons. The molecule has 11 heteroatoms. The highest BCUT2D eigenvalue weighted by Gasteiger charge is 2.35. The highest BCUT2D eigenvalue weighted by atomic mass is 16.5. The zero-order chi connectivity index (χ0) is 28.9. The van der Waals surface area contributed by atoms with Gasteiger partial charge in [0.25, 0.3) is 0 Å². The first-order valence-corrected chi connectivity index (χ1v) is 13.7. The number of aliphatic imine (C=N–C) groups is 1. The summed E-state index contributed by atoms with van der Waals surface area (Å²) < 4.78 is 5.03. The summed E-state index contributed by atoms with van der Waals surface area (Å²) in [6.07, 6.45) is -0.821. The molecule has 1 aromatic carbocycles. The number of nitrogens with zero attached hydrogens (tertiary/aromatic N) is 3. The minimum atomic E-state index is -1.20. The number of nitrogens with one attached hydrogen (secondary N) is 2. The summed E-state index contributed by atoms with van der Waals surface area (Å²) in [6, 6.07) is 4.49. The number of nitrogen functional groups attached to an aromatic ring is 1. The molecule has 5 N–H and O–H groups in total. The quantitative estimate of drug-likeness (QED) is 0.347. The number of carboxylic acids is 1. The number of carbonyl (C=O) groups is 3. The lowest BCUT2D eigenvalue weighted by Crippen LogP contribution is -2.59. The maximum Gasteiger partial charge on any atom is 0.407 e. The van der Waals surface area contributed by atoms with Gasteiger partial charge in [-0.1, -0.05) is 33.8 Å². The van der Waals surface area contributed by atoms with Gasteiger partial charge in [-0.25, -0.2) is 9.59 Å². The molecule has 0 saturated carbocycles. The molecule has 216 valence electrons. The van der Waals surface area contributed by atoms with E-state index < -0.39 is 18.1 Å². The number of amidine groups is 1. The number of hydrogen-bond donors (Lipinski definition) is 4. The van der Waals surface area contributed by atoms with Crippen LogP contribution in [-0.4, -0.2) is 84.7 Å². The molecule has 11 nitrogen and oxygen atoms in total. The molecule has 39 heavy (non-hydrogen) atoms. The standard InChI is InChI=1S/C28H44N6O5/c1-17(2)14-39-27(38)32-21(26(36)37)10-11-23(35)34-18(3)12-33(13-19(34)4)22-9-7-8-20(24(22)29)25-30-15-28(5,6)16-31-25/h7-9,17-19,21H,10-16,29H2,1-6H3,(H,30,31)(H,32,38)(H,36,37)/t18?,19?,21-/m0/s1. The molecule has 0 aliphatic carbocycles. The number of piperazine rings is 1. The van der Waals surface area contributed by atoms with Crippen molar-refractivity contribution in [3.8, 4) is 0 Å². The first kappa shape index (κ1) is 30.0. The summed E-state index contributed by atoms with van der Waals surface area (Å²) in [7, 11) is 0. The van der Waals surface area contributed by atoms with Crippen molar-refractivity contribution in [1.82, 2.24) is 15.5 Å². The van der Waals surface area contributed by atoms with Crippen LogP contribution in [0.4, 0.5) is 16.2 Å². The topological polar surface area (TPSA) is 150 Å². The van der Waals surface area contributed by atoms with Gasteiger partial charge in [-0.3, -0.25) is 9.79 Å². The zero-order valence-electron chi connectivity index (χ0n) is 24.0. The molecule has 2 heterocycles. The van der Waals surface area contributed by atoms with Crippen LogP contribution in [0.5, 0.6) is 0 Å². The summed E-state index contributed by atoms with van der Waals surface area (Å²) in [5, 5.41) is 15.3. The number of ether oxygens (including phenoxy) is 1. The van der Waals surface area contributed by atoms with Gasteiger partial charge in [-0.05, 0) is 38.3 Å². The van der Waals surface area contributed by atoms with Crippen molar-refractivity contribution >= 4 is 35.2 Å². The van der Waals surface area contributed by atoms with Crippen LogP contribution in [0.3, 0.4) is 0 Å². The van der Waals surface area contributed by atoms with Gasteiger partial charge in [0.2, 0.25) is 5.91 Å². The molecule has 3 atom stereocenters. The number of rotatable bonds is 9. The van der Waals surface area contributed by atoms with Crippen LogP contribution >= 0.6 is 0 Å². The Morgan fingerprint density at radius 3 is 2.46 bits per heavy atom. The highest BCUT2D eigenvalue weighted by molar-refractivity contribution is 6.05. The molecule has 3 rings (SSSR count). The van der Waals surface area contributed by atoms with Crippen LogP contribution in [0, 0.1) is 11.3 Å². The maximum absolute atomic E-state index is 13.2. The smallest absolute Gasteiger partial charge is 0.407 e. The van der Waals surface area contributed by atoms with Crippen LogP contribution in [0.15, 0.2) is 23.2 Å². The number of amides is 2. The van der Waals surface area contributed by atoms with E-state index in [1.807, 2.05) is 45.9 Å². The lowest BCUT2D eigenvalue weighted by molar-refractivity contribution is -0.140. The number of nitrogens with two attached hydrogens (primary N) is 1. The third kappa shape index (κ3) is 7.77. The monoisotopic (exact) mass is 544 g/mol. The molecule has 1 saturated heterocycles. The van der Waals surface area contributed by atoms with Gasteiger partial charge >= 0.3 is 12.1 Å². The first-order valence-electron chi connectivity index (χ1n) is 13.7. The van der Waals surface area contributed by atoms with Gasteiger partial charge in [-0.15, -0.1) is 0 Å². The van der Waals surface area contributed by atoms with E-state index in [9.17, 15) is 19.5 Å². The summed E-state index contributed by atoms with van der Waals surface area (Å²) in [5.74, 6) is -0.419. The third-order valence-electron chi connectivity index (χ3n) is 7.07. The van der Waals surface area contributed by atoms with Crippen molar-refractivity contribution in [2.45, 2.75) is 72.5 Å². The van der Waals surface area contributed by atoms with Crippen molar-refractivity contribution in [3.05, 3.63) is 23.8 Å². The minimum Gasteiger partial charge on any atom is -0.480 e. The average Bonchev–Trinajstić information content (AvgIpc) is 2.85. The van der Waals surface area contributed by atoms with Crippen molar-refractivity contribution in [2.24, 2.45) is 16.3 Å². The van der Waals surface area contributed by atoms with E-state index in [0.29, 0.717) is 18.8 Å². The molecule has 0 bridgehead atoms. The second kappa shape index (κ2) is 12.6. The number of aliphatic carboxylic acids is 1. The fourth-order valence-electron chi connectivity index (χ4n) is 5.04. The number of alkyl carbamates (subject to hydrolysis) is 1. The number of carboxylic acid groups (broad SMARTS) is 1. The Labute approximate surface area is 231 Å². The summed E-state index contributed by atoms with van der Waals surface area (Å²) in [4.78, 5) is 45.5. The van der Waals surface area contributed by atoms with Crippen molar-refractivity contribution in [2.75, 3.05) is 43.4 Å². The number of hydrogen-bond acceptors (Lipinski definition) is 8. The molecule has 2 amide bonds. The van der Waals surface area contributed by atoms with Crippen molar-refractivity contribution in [1.29, 1.82) is 0 Å². The third-order valence-corrected chi connectivity index (χ3v) is 7.07. The first-order chi connectivity index (χ1) is 18.3. The Kier molecular flexibility index (Phi) is 9.68. The predicted molar refractivity (Wildman–Crippen MR) is 152 cm³/mol. The van der Waals surface area contributed by atoms with E-state index >= 15 is 0 Å². The molecule has 0 aromatic heterocycles. The fraction of sp³-hybridized carbons (Fsp3) is 0.643. The average molecular weight is 545 g/mol. The Morgan fingerprint density at radius 1 is 1.23 bits per heavy atom. The van der Waals surface area contributed by atoms with Gasteiger partial charge in [0.1, 0.15) is 11.9 Å². The highest BCUT2D eigenvalue weighted by Crippen LogP contribution is 2.31. The Morgan fingerprint density at radius 2 is 1.90 bits per heavy atom. The van der Waals surface area contributed by atoms with Crippen molar-refractivity contribution < 1.29 is 24.2 Å². The largest absolute Gasteiger partial charge is 0.480 e. The normalized spacial score (nSPS) is 21.6. The maximum atomic E-state index is 13.2. The predicted octanol–water partition coefficient (Wildman–Crippen LogP) is 2.69. The van der Waals surface area contributed by atoms with E-state index in [1.165, 1.54) is 0 Å². The van der Waals surface area contributed by atoms with E-state index in [-0.39, 0.29) is 48.8 Å². The van der Waals surface area contributed by atoms with Crippen LogP contribution in [0.25, 0.3) is 0 Å². The SMILES string of the molecule is CC(C)COC(=O)N[C@@H](CCC(=O)N1C(C)CN(c2cccc(C3=NCC(C)(C)CN3)c2N)CC1C)C(=O)O. The molecule has 2 aliphatic rings. The van der Waals surface area contributed by atoms with Crippen LogP contribution in [0.1, 0.15) is 59.9 Å². The van der Waals surface area contributed by atoms with Crippen LogP contribution in [-0.2, 0) is 14.3 Å².